The summed E-state index contributed by atoms with van der Waals surface area (Å²) in [5.74, 6) is -0.417. The first-order valence-corrected chi connectivity index (χ1v) is 9.45. The quantitative estimate of drug-likeness (QED) is 0.681. The molecule has 0 saturated heterocycles. The van der Waals surface area contributed by atoms with Crippen LogP contribution in [0.5, 0.6) is 0 Å². The number of hydrogen-bond acceptors (Lipinski definition) is 4. The monoisotopic (exact) mass is 429 g/mol. The molecule has 10 heteroatoms. The molecular weight excluding hydrogens is 411 g/mol. The molecule has 1 aliphatic rings. The Hall–Kier alpha value is -3.69. The topological polar surface area (TPSA) is 80.1 Å². The first-order valence-electron chi connectivity index (χ1n) is 9.45. The number of aromatic nitrogens is 3. The number of aryl methyl sites for hydroxylation is 1. The highest BCUT2D eigenvalue weighted by Crippen LogP contribution is 2.33. The molecule has 0 bridgehead atoms. The lowest BCUT2D eigenvalue weighted by atomic mass is 10.1. The molecule has 0 aliphatic carbocycles. The number of fused-ring (bicyclic) bond motifs is 1. The number of carbonyl (C=O) groups is 2. The predicted molar refractivity (Wildman–Crippen MR) is 107 cm³/mol. The average Bonchev–Trinajstić information content (AvgIpc) is 3.18. The number of rotatable bonds is 3. The van der Waals surface area contributed by atoms with E-state index in [1.807, 2.05) is 6.92 Å². The Morgan fingerprint density at radius 1 is 1.13 bits per heavy atom. The summed E-state index contributed by atoms with van der Waals surface area (Å²) in [6.45, 7) is 3.84. The number of carbonyl (C=O) groups excluding carboxylic acids is 2. The molecule has 0 saturated carbocycles. The van der Waals surface area contributed by atoms with Crippen molar-refractivity contribution in [3.8, 4) is 0 Å². The molecule has 160 valence electrons. The van der Waals surface area contributed by atoms with E-state index in [0.717, 1.165) is 12.1 Å². The zero-order chi connectivity index (χ0) is 22.3. The number of benzene rings is 1. The SMILES string of the molecule is Cc1ncc(NC(=O)c2ccn3c2C(=O)N(c2ccc(C(F)(F)F)cc2)C[C@@H]3C)cn1. The molecule has 0 spiro atoms. The van der Waals surface area contributed by atoms with Crippen LogP contribution in [0.3, 0.4) is 0 Å². The zero-order valence-electron chi connectivity index (χ0n) is 16.6. The van der Waals surface area contributed by atoms with E-state index in [-0.39, 0.29) is 23.8 Å². The normalized spacial score (nSPS) is 16.2. The van der Waals surface area contributed by atoms with Crippen LogP contribution in [0.2, 0.25) is 0 Å². The summed E-state index contributed by atoms with van der Waals surface area (Å²) < 4.78 is 40.3. The van der Waals surface area contributed by atoms with Crippen LogP contribution < -0.4 is 10.2 Å². The Morgan fingerprint density at radius 2 is 1.77 bits per heavy atom. The van der Waals surface area contributed by atoms with Crippen LogP contribution in [0.25, 0.3) is 0 Å². The van der Waals surface area contributed by atoms with Gasteiger partial charge in [-0.2, -0.15) is 13.2 Å². The van der Waals surface area contributed by atoms with Crippen molar-refractivity contribution < 1.29 is 22.8 Å². The van der Waals surface area contributed by atoms with Crippen molar-refractivity contribution in [2.24, 2.45) is 0 Å². The minimum atomic E-state index is -4.46. The van der Waals surface area contributed by atoms with Gasteiger partial charge in [-0.15, -0.1) is 0 Å². The van der Waals surface area contributed by atoms with Gasteiger partial charge in [-0.05, 0) is 44.2 Å². The molecule has 31 heavy (non-hydrogen) atoms. The number of anilines is 2. The second-order valence-electron chi connectivity index (χ2n) is 7.27. The third-order valence-electron chi connectivity index (χ3n) is 5.07. The summed E-state index contributed by atoms with van der Waals surface area (Å²) in [6.07, 6.45) is 0.114. The fourth-order valence-corrected chi connectivity index (χ4v) is 3.50. The second-order valence-corrected chi connectivity index (χ2v) is 7.27. The zero-order valence-corrected chi connectivity index (χ0v) is 16.6. The Labute approximate surface area is 175 Å². The van der Waals surface area contributed by atoms with Crippen molar-refractivity contribution >= 4 is 23.2 Å². The molecule has 7 nitrogen and oxygen atoms in total. The smallest absolute Gasteiger partial charge is 0.338 e. The highest BCUT2D eigenvalue weighted by molar-refractivity contribution is 6.15. The molecule has 1 N–H and O–H groups in total. The maximum atomic E-state index is 13.2. The van der Waals surface area contributed by atoms with Gasteiger partial charge in [0.15, 0.2) is 0 Å². The van der Waals surface area contributed by atoms with Crippen molar-refractivity contribution in [3.05, 3.63) is 71.6 Å². The van der Waals surface area contributed by atoms with Crippen molar-refractivity contribution in [3.63, 3.8) is 0 Å². The third-order valence-corrected chi connectivity index (χ3v) is 5.07. The number of hydrogen-bond donors (Lipinski definition) is 1. The van der Waals surface area contributed by atoms with E-state index in [1.54, 1.807) is 23.8 Å². The Morgan fingerprint density at radius 3 is 2.39 bits per heavy atom. The van der Waals surface area contributed by atoms with Crippen LogP contribution in [0.15, 0.2) is 48.9 Å². The van der Waals surface area contributed by atoms with Crippen molar-refractivity contribution in [2.45, 2.75) is 26.1 Å². The number of nitrogens with zero attached hydrogens (tertiary/aromatic N) is 4. The van der Waals surface area contributed by atoms with Crippen LogP contribution in [-0.2, 0) is 6.18 Å². The molecule has 1 aliphatic heterocycles. The standard InChI is InChI=1S/C21H18F3N5O2/c1-12-11-29(16-5-3-14(4-6-16)21(22,23)24)20(31)18-17(7-8-28(12)18)19(30)27-15-9-25-13(2)26-10-15/h3-10,12H,11H2,1-2H3,(H,27,30)/t12-/m0/s1. The molecule has 3 heterocycles. The van der Waals surface area contributed by atoms with Gasteiger partial charge in [-0.1, -0.05) is 0 Å². The van der Waals surface area contributed by atoms with Crippen molar-refractivity contribution in [2.75, 3.05) is 16.8 Å². The Balaban J connectivity index is 1.64. The van der Waals surface area contributed by atoms with Crippen LogP contribution in [-0.4, -0.2) is 32.9 Å². The lowest BCUT2D eigenvalue weighted by Gasteiger charge is -2.33. The number of nitrogens with one attached hydrogen (secondary N) is 1. The molecule has 1 aromatic carbocycles. The van der Waals surface area contributed by atoms with E-state index in [1.165, 1.54) is 29.4 Å². The first kappa shape index (κ1) is 20.6. The van der Waals surface area contributed by atoms with Crippen LogP contribution in [0.1, 0.15) is 45.2 Å². The van der Waals surface area contributed by atoms with Crippen LogP contribution in [0, 0.1) is 6.92 Å². The van der Waals surface area contributed by atoms with Gasteiger partial charge >= 0.3 is 6.18 Å². The van der Waals surface area contributed by atoms with E-state index < -0.39 is 23.6 Å². The predicted octanol–water partition coefficient (Wildman–Crippen LogP) is 4.08. The number of alkyl halides is 3. The van der Waals surface area contributed by atoms with Gasteiger partial charge in [0.1, 0.15) is 11.5 Å². The van der Waals surface area contributed by atoms with Gasteiger partial charge in [0.25, 0.3) is 11.8 Å². The largest absolute Gasteiger partial charge is 0.416 e. The average molecular weight is 429 g/mol. The molecule has 0 fully saturated rings. The molecule has 2 aromatic heterocycles. The second kappa shape index (κ2) is 7.53. The van der Waals surface area contributed by atoms with Crippen molar-refractivity contribution in [1.29, 1.82) is 0 Å². The molecule has 3 aromatic rings. The summed E-state index contributed by atoms with van der Waals surface area (Å²) >= 11 is 0. The number of halogens is 3. The minimum Gasteiger partial charge on any atom is -0.338 e. The summed E-state index contributed by atoms with van der Waals surface area (Å²) in [5, 5.41) is 2.66. The van der Waals surface area contributed by atoms with Crippen LogP contribution >= 0.6 is 0 Å². The van der Waals surface area contributed by atoms with E-state index in [4.69, 9.17) is 0 Å². The lowest BCUT2D eigenvalue weighted by molar-refractivity contribution is -0.137. The van der Waals surface area contributed by atoms with E-state index >= 15 is 0 Å². The highest BCUT2D eigenvalue weighted by atomic mass is 19.4. The van der Waals surface area contributed by atoms with Crippen molar-refractivity contribution in [1.82, 2.24) is 14.5 Å². The summed E-state index contributed by atoms with van der Waals surface area (Å²) in [7, 11) is 0. The molecule has 2 amide bonds. The molecular formula is C21H18F3N5O2. The summed E-state index contributed by atoms with van der Waals surface area (Å²) in [4.78, 5) is 35.4. The molecule has 0 unspecified atom stereocenters. The first-order chi connectivity index (χ1) is 14.6. The molecule has 0 radical (unpaired) electrons. The van der Waals surface area contributed by atoms with Crippen LogP contribution in [0.4, 0.5) is 24.5 Å². The molecule has 1 atom stereocenters. The van der Waals surface area contributed by atoms with Gasteiger partial charge < -0.3 is 14.8 Å². The van der Waals surface area contributed by atoms with E-state index in [2.05, 4.69) is 15.3 Å². The highest BCUT2D eigenvalue weighted by Gasteiger charge is 2.35. The van der Waals surface area contributed by atoms with Gasteiger partial charge in [-0.3, -0.25) is 9.59 Å². The maximum absolute atomic E-state index is 13.2. The van der Waals surface area contributed by atoms with Gasteiger partial charge in [0, 0.05) is 24.5 Å². The van der Waals surface area contributed by atoms with E-state index in [9.17, 15) is 22.8 Å². The van der Waals surface area contributed by atoms with Gasteiger partial charge in [0.2, 0.25) is 0 Å². The maximum Gasteiger partial charge on any atom is 0.416 e. The fraction of sp³-hybridized carbons (Fsp3) is 0.238. The minimum absolute atomic E-state index is 0.161. The van der Waals surface area contributed by atoms with E-state index in [0.29, 0.717) is 17.2 Å². The van der Waals surface area contributed by atoms with Gasteiger partial charge in [-0.25, -0.2) is 9.97 Å². The fourth-order valence-electron chi connectivity index (χ4n) is 3.50. The summed E-state index contributed by atoms with van der Waals surface area (Å²) in [5.41, 5.74) is 0.248. The molecule has 4 rings (SSSR count). The Bertz CT molecular complexity index is 1140. The Kier molecular flexibility index (Phi) is 5.00. The summed E-state index contributed by atoms with van der Waals surface area (Å²) in [6, 6.07) is 5.76. The number of amides is 2. The lowest BCUT2D eigenvalue weighted by Crippen LogP contribution is -2.43. The third kappa shape index (κ3) is 3.88. The van der Waals surface area contributed by atoms with Gasteiger partial charge in [0.05, 0.1) is 29.2 Å².